The fourth-order valence-electron chi connectivity index (χ4n) is 0.804. The molecule has 0 aliphatic rings. The summed E-state index contributed by atoms with van der Waals surface area (Å²) in [6.45, 7) is 2.51. The largest absolute Gasteiger partial charge is 0.382 e. The zero-order chi connectivity index (χ0) is 11.1. The summed E-state index contributed by atoms with van der Waals surface area (Å²) in [4.78, 5) is 24.0. The van der Waals surface area contributed by atoms with Crippen molar-refractivity contribution in [2.24, 2.45) is 0 Å². The Bertz CT molecular complexity index is 313. The molecule has 0 aromatic carbocycles. The topological polar surface area (TPSA) is 73.3 Å². The van der Waals surface area contributed by atoms with Crippen LogP contribution in [0.15, 0.2) is 12.4 Å². The number of ether oxygens (including phenoxy) is 1. The molecule has 6 nitrogen and oxygen atoms in total. The molecule has 0 fully saturated rings. The molecule has 1 rings (SSSR count). The Morgan fingerprint density at radius 1 is 1.40 bits per heavy atom. The number of hydrogen-bond donors (Lipinski definition) is 1. The van der Waals surface area contributed by atoms with Crippen LogP contribution in [0.5, 0.6) is 0 Å². The predicted molar refractivity (Wildman–Crippen MR) is 52.1 cm³/mol. The van der Waals surface area contributed by atoms with E-state index in [1.54, 1.807) is 14.0 Å². The molecule has 0 saturated carbocycles. The SMILES string of the molecule is COCCONC(=O)c1cnc(C)cn1. The second-order valence-corrected chi connectivity index (χ2v) is 2.82. The Morgan fingerprint density at radius 2 is 2.20 bits per heavy atom. The number of aromatic nitrogens is 2. The lowest BCUT2D eigenvalue weighted by molar-refractivity contribution is 0.00855. The highest BCUT2D eigenvalue weighted by molar-refractivity contribution is 5.91. The summed E-state index contributed by atoms with van der Waals surface area (Å²) in [5, 5.41) is 0. The second kappa shape index (κ2) is 6.05. The van der Waals surface area contributed by atoms with Gasteiger partial charge in [0.15, 0.2) is 0 Å². The zero-order valence-electron chi connectivity index (χ0n) is 8.69. The molecule has 1 N–H and O–H groups in total. The number of rotatable bonds is 5. The molecule has 82 valence electrons. The van der Waals surface area contributed by atoms with Crippen LogP contribution in [0.1, 0.15) is 16.2 Å². The van der Waals surface area contributed by atoms with Crippen LogP contribution in [0.4, 0.5) is 0 Å². The Balaban J connectivity index is 2.37. The van der Waals surface area contributed by atoms with E-state index in [1.165, 1.54) is 12.4 Å². The number of carbonyl (C=O) groups is 1. The lowest BCUT2D eigenvalue weighted by Crippen LogP contribution is -2.26. The van der Waals surface area contributed by atoms with Gasteiger partial charge in [-0.2, -0.15) is 0 Å². The number of aryl methyl sites for hydroxylation is 1. The lowest BCUT2D eigenvalue weighted by Gasteiger charge is -2.04. The first-order valence-electron chi connectivity index (χ1n) is 4.43. The minimum atomic E-state index is -0.418. The van der Waals surface area contributed by atoms with Crippen LogP contribution in [-0.4, -0.2) is 36.2 Å². The predicted octanol–water partition coefficient (Wildman–Crippen LogP) is 0.0928. The molecule has 15 heavy (non-hydrogen) atoms. The lowest BCUT2D eigenvalue weighted by atomic mass is 10.4. The van der Waals surface area contributed by atoms with Gasteiger partial charge in [-0.25, -0.2) is 10.5 Å². The summed E-state index contributed by atoms with van der Waals surface area (Å²) in [5.74, 6) is -0.418. The van der Waals surface area contributed by atoms with Crippen LogP contribution in [0.2, 0.25) is 0 Å². The molecule has 0 bridgehead atoms. The van der Waals surface area contributed by atoms with Gasteiger partial charge in [-0.3, -0.25) is 14.6 Å². The molecule has 0 radical (unpaired) electrons. The minimum absolute atomic E-state index is 0.220. The van der Waals surface area contributed by atoms with Gasteiger partial charge in [0.05, 0.1) is 25.1 Å². The Hall–Kier alpha value is -1.53. The number of nitrogens with one attached hydrogen (secondary N) is 1. The molecule has 1 aromatic rings. The van der Waals surface area contributed by atoms with Gasteiger partial charge in [-0.15, -0.1) is 0 Å². The molecule has 0 unspecified atom stereocenters. The number of carbonyl (C=O) groups excluding carboxylic acids is 1. The van der Waals surface area contributed by atoms with Crippen LogP contribution >= 0.6 is 0 Å². The summed E-state index contributed by atoms with van der Waals surface area (Å²) >= 11 is 0. The third kappa shape index (κ3) is 4.01. The minimum Gasteiger partial charge on any atom is -0.382 e. The maximum Gasteiger partial charge on any atom is 0.295 e. The van der Waals surface area contributed by atoms with Gasteiger partial charge in [0.1, 0.15) is 5.69 Å². The van der Waals surface area contributed by atoms with Gasteiger partial charge in [-0.05, 0) is 6.92 Å². The molecule has 1 heterocycles. The van der Waals surface area contributed by atoms with Crippen molar-refractivity contribution < 1.29 is 14.4 Å². The Labute approximate surface area is 87.6 Å². The molecule has 0 aliphatic heterocycles. The zero-order valence-corrected chi connectivity index (χ0v) is 8.69. The third-order valence-electron chi connectivity index (χ3n) is 1.57. The quantitative estimate of drug-likeness (QED) is 0.552. The van der Waals surface area contributed by atoms with Crippen LogP contribution < -0.4 is 5.48 Å². The van der Waals surface area contributed by atoms with Crippen molar-refractivity contribution in [1.29, 1.82) is 0 Å². The van der Waals surface area contributed by atoms with Crippen molar-refractivity contribution >= 4 is 5.91 Å². The first-order valence-corrected chi connectivity index (χ1v) is 4.43. The van der Waals surface area contributed by atoms with Crippen molar-refractivity contribution in [3.05, 3.63) is 23.8 Å². The van der Waals surface area contributed by atoms with Crippen LogP contribution in [0.25, 0.3) is 0 Å². The second-order valence-electron chi connectivity index (χ2n) is 2.82. The first kappa shape index (κ1) is 11.5. The van der Waals surface area contributed by atoms with E-state index in [9.17, 15) is 4.79 Å². The number of methoxy groups -OCH3 is 1. The average molecular weight is 211 g/mol. The van der Waals surface area contributed by atoms with E-state index >= 15 is 0 Å². The molecule has 0 aliphatic carbocycles. The van der Waals surface area contributed by atoms with Gasteiger partial charge < -0.3 is 4.74 Å². The van der Waals surface area contributed by atoms with Gasteiger partial charge in [0.2, 0.25) is 0 Å². The normalized spacial score (nSPS) is 10.0. The van der Waals surface area contributed by atoms with E-state index in [4.69, 9.17) is 9.57 Å². The first-order chi connectivity index (χ1) is 7.24. The van der Waals surface area contributed by atoms with Gasteiger partial charge >= 0.3 is 0 Å². The smallest absolute Gasteiger partial charge is 0.295 e. The number of hydroxylamine groups is 1. The maximum absolute atomic E-state index is 11.3. The van der Waals surface area contributed by atoms with Gasteiger partial charge in [0.25, 0.3) is 5.91 Å². The standard InChI is InChI=1S/C9H13N3O3/c1-7-5-11-8(6-10-7)9(13)12-15-4-3-14-2/h5-6H,3-4H2,1-2H3,(H,12,13). The summed E-state index contributed by atoms with van der Waals surface area (Å²) in [7, 11) is 1.55. The Morgan fingerprint density at radius 3 is 2.80 bits per heavy atom. The van der Waals surface area contributed by atoms with E-state index in [1.807, 2.05) is 0 Å². The van der Waals surface area contributed by atoms with E-state index in [0.717, 1.165) is 5.69 Å². The maximum atomic E-state index is 11.3. The van der Waals surface area contributed by atoms with Crippen molar-refractivity contribution in [3.63, 3.8) is 0 Å². The fraction of sp³-hybridized carbons (Fsp3) is 0.444. The summed E-state index contributed by atoms with van der Waals surface area (Å²) < 4.78 is 4.74. The number of hydrogen-bond acceptors (Lipinski definition) is 5. The highest BCUT2D eigenvalue weighted by Crippen LogP contribution is 1.93. The summed E-state index contributed by atoms with van der Waals surface area (Å²) in [6.07, 6.45) is 2.91. The van der Waals surface area contributed by atoms with Crippen molar-refractivity contribution in [2.45, 2.75) is 6.92 Å². The number of nitrogens with zero attached hydrogens (tertiary/aromatic N) is 2. The average Bonchev–Trinajstić information content (AvgIpc) is 2.25. The highest BCUT2D eigenvalue weighted by atomic mass is 16.7. The van der Waals surface area contributed by atoms with Crippen LogP contribution in [-0.2, 0) is 9.57 Å². The molecule has 1 aromatic heterocycles. The summed E-state index contributed by atoms with van der Waals surface area (Å²) in [5.41, 5.74) is 3.21. The molecule has 0 spiro atoms. The van der Waals surface area contributed by atoms with E-state index < -0.39 is 5.91 Å². The van der Waals surface area contributed by atoms with Crippen molar-refractivity contribution in [2.75, 3.05) is 20.3 Å². The van der Waals surface area contributed by atoms with Gasteiger partial charge in [-0.1, -0.05) is 0 Å². The molecular weight excluding hydrogens is 198 g/mol. The fourth-order valence-corrected chi connectivity index (χ4v) is 0.804. The third-order valence-corrected chi connectivity index (χ3v) is 1.57. The Kier molecular flexibility index (Phi) is 4.65. The molecule has 1 amide bonds. The molecule has 0 atom stereocenters. The van der Waals surface area contributed by atoms with E-state index in [0.29, 0.717) is 13.2 Å². The van der Waals surface area contributed by atoms with Gasteiger partial charge in [0, 0.05) is 13.3 Å². The van der Waals surface area contributed by atoms with E-state index in [-0.39, 0.29) is 5.69 Å². The molecular formula is C9H13N3O3. The highest BCUT2D eigenvalue weighted by Gasteiger charge is 2.06. The number of amides is 1. The summed E-state index contributed by atoms with van der Waals surface area (Å²) in [6, 6.07) is 0. The van der Waals surface area contributed by atoms with Crippen LogP contribution in [0.3, 0.4) is 0 Å². The molecule has 0 saturated heterocycles. The monoisotopic (exact) mass is 211 g/mol. The van der Waals surface area contributed by atoms with E-state index in [2.05, 4.69) is 15.4 Å². The van der Waals surface area contributed by atoms with Crippen molar-refractivity contribution in [1.82, 2.24) is 15.4 Å². The van der Waals surface area contributed by atoms with Crippen molar-refractivity contribution in [3.8, 4) is 0 Å². The molecule has 6 heteroatoms. The van der Waals surface area contributed by atoms with Crippen LogP contribution in [0, 0.1) is 6.92 Å².